The van der Waals surface area contributed by atoms with E-state index in [2.05, 4.69) is 55.4 Å². The van der Waals surface area contributed by atoms with Gasteiger partial charge in [-0.2, -0.15) is 5.10 Å². The first-order valence-corrected chi connectivity index (χ1v) is 11.1. The summed E-state index contributed by atoms with van der Waals surface area (Å²) in [4.78, 5) is 33.8. The van der Waals surface area contributed by atoms with E-state index in [9.17, 15) is 9.59 Å². The molecule has 0 aliphatic carbocycles. The second-order valence-corrected chi connectivity index (χ2v) is 8.43. The molecule has 0 spiro atoms. The zero-order valence-corrected chi connectivity index (χ0v) is 18.8. The smallest absolute Gasteiger partial charge is 0.266 e. The van der Waals surface area contributed by atoms with Gasteiger partial charge in [-0.05, 0) is 27.9 Å². The molecule has 10 heteroatoms. The number of carbonyl (C=O) groups is 1. The molecule has 0 aliphatic heterocycles. The van der Waals surface area contributed by atoms with Crippen molar-refractivity contribution in [3.63, 3.8) is 0 Å². The molecule has 0 unspecified atom stereocenters. The predicted molar refractivity (Wildman–Crippen MR) is 121 cm³/mol. The van der Waals surface area contributed by atoms with Crippen molar-refractivity contribution in [1.82, 2.24) is 24.3 Å². The van der Waals surface area contributed by atoms with Crippen molar-refractivity contribution < 1.29 is 4.79 Å². The van der Waals surface area contributed by atoms with Gasteiger partial charge in [0.05, 0.1) is 5.69 Å². The van der Waals surface area contributed by atoms with Crippen LogP contribution in [0.2, 0.25) is 0 Å². The van der Waals surface area contributed by atoms with Gasteiger partial charge in [0, 0.05) is 18.0 Å². The molecular weight excluding hydrogens is 468 g/mol. The summed E-state index contributed by atoms with van der Waals surface area (Å²) in [7, 11) is 1.70. The van der Waals surface area contributed by atoms with Gasteiger partial charge in [0.15, 0.2) is 10.8 Å². The highest BCUT2D eigenvalue weighted by Crippen LogP contribution is 2.25. The van der Waals surface area contributed by atoms with Crippen LogP contribution in [0.5, 0.6) is 0 Å². The summed E-state index contributed by atoms with van der Waals surface area (Å²) in [6, 6.07) is 8.28. The Morgan fingerprint density at radius 1 is 1.27 bits per heavy atom. The summed E-state index contributed by atoms with van der Waals surface area (Å²) in [5.74, 6) is -0.350. The number of nitrogens with zero attached hydrogens (tertiary/aromatic N) is 5. The van der Waals surface area contributed by atoms with Gasteiger partial charge in [-0.15, -0.1) is 11.3 Å². The molecule has 154 valence electrons. The monoisotopic (exact) mass is 486 g/mol. The van der Waals surface area contributed by atoms with Crippen molar-refractivity contribution in [3.8, 4) is 11.3 Å². The number of thiazole rings is 1. The third-order valence-electron chi connectivity index (χ3n) is 4.62. The largest absolute Gasteiger partial charge is 0.300 e. The molecule has 0 radical (unpaired) electrons. The van der Waals surface area contributed by atoms with Gasteiger partial charge in [-0.25, -0.2) is 14.6 Å². The minimum absolute atomic E-state index is 0.163. The van der Waals surface area contributed by atoms with Gasteiger partial charge in [0.25, 0.3) is 5.56 Å². The fraction of sp³-hybridized carbons (Fsp3) is 0.250. The number of aryl methyl sites for hydroxylation is 2. The molecule has 3 aromatic heterocycles. The van der Waals surface area contributed by atoms with Crippen LogP contribution in [0, 0.1) is 0 Å². The van der Waals surface area contributed by atoms with E-state index in [0.29, 0.717) is 20.8 Å². The van der Waals surface area contributed by atoms with E-state index in [4.69, 9.17) is 0 Å². The van der Waals surface area contributed by atoms with E-state index in [1.54, 1.807) is 7.05 Å². The number of fused-ring (bicyclic) bond motifs is 1. The quantitative estimate of drug-likeness (QED) is 0.449. The molecule has 0 saturated heterocycles. The fourth-order valence-corrected chi connectivity index (χ4v) is 4.48. The number of aromatic nitrogens is 5. The van der Waals surface area contributed by atoms with Crippen LogP contribution in [0.1, 0.15) is 18.9 Å². The lowest BCUT2D eigenvalue weighted by Crippen LogP contribution is -2.28. The van der Waals surface area contributed by atoms with Gasteiger partial charge in [0.1, 0.15) is 22.9 Å². The molecule has 1 amide bonds. The molecule has 0 saturated carbocycles. The molecule has 3 heterocycles. The van der Waals surface area contributed by atoms with E-state index in [1.807, 2.05) is 17.5 Å². The molecule has 0 aliphatic rings. The van der Waals surface area contributed by atoms with Crippen molar-refractivity contribution in [2.45, 2.75) is 26.3 Å². The number of hydrogen-bond donors (Lipinski definition) is 1. The topological polar surface area (TPSA) is 94.7 Å². The zero-order chi connectivity index (χ0) is 21.3. The molecule has 4 rings (SSSR count). The van der Waals surface area contributed by atoms with Crippen LogP contribution in [-0.2, 0) is 24.8 Å². The van der Waals surface area contributed by atoms with Gasteiger partial charge < -0.3 is 5.32 Å². The first-order chi connectivity index (χ1) is 14.5. The van der Waals surface area contributed by atoms with Crippen LogP contribution in [-0.4, -0.2) is 30.2 Å². The Balaban J connectivity index is 1.47. The summed E-state index contributed by atoms with van der Waals surface area (Å²) in [5.41, 5.74) is 3.22. The highest BCUT2D eigenvalue weighted by Gasteiger charge is 2.15. The normalized spacial score (nSPS) is 11.2. The minimum atomic E-state index is -0.350. The highest BCUT2D eigenvalue weighted by molar-refractivity contribution is 9.10. The lowest BCUT2D eigenvalue weighted by Gasteiger charge is -2.05. The first kappa shape index (κ1) is 20.4. The summed E-state index contributed by atoms with van der Waals surface area (Å²) >= 11 is 4.61. The van der Waals surface area contributed by atoms with Crippen molar-refractivity contribution in [1.29, 1.82) is 0 Å². The van der Waals surface area contributed by atoms with Crippen molar-refractivity contribution >= 4 is 49.3 Å². The Morgan fingerprint density at radius 3 is 2.77 bits per heavy atom. The molecular formula is C20H19BrN6O2S. The van der Waals surface area contributed by atoms with E-state index in [0.717, 1.165) is 24.1 Å². The van der Waals surface area contributed by atoms with Crippen molar-refractivity contribution in [3.05, 3.63) is 56.5 Å². The number of amides is 1. The Bertz CT molecular complexity index is 1270. The molecule has 0 atom stereocenters. The molecule has 8 nitrogen and oxygen atoms in total. The number of rotatable bonds is 6. The third kappa shape index (κ3) is 4.05. The number of carbonyl (C=O) groups excluding carboxylic acids is 1. The van der Waals surface area contributed by atoms with E-state index < -0.39 is 0 Å². The fourth-order valence-electron chi connectivity index (χ4n) is 3.16. The average Bonchev–Trinajstić information content (AvgIpc) is 3.29. The van der Waals surface area contributed by atoms with Crippen LogP contribution in [0.15, 0.2) is 45.4 Å². The highest BCUT2D eigenvalue weighted by atomic mass is 79.9. The van der Waals surface area contributed by atoms with Crippen molar-refractivity contribution in [2.24, 2.45) is 7.05 Å². The van der Waals surface area contributed by atoms with E-state index in [1.165, 1.54) is 32.5 Å². The zero-order valence-electron chi connectivity index (χ0n) is 16.4. The van der Waals surface area contributed by atoms with Crippen LogP contribution in [0.4, 0.5) is 5.13 Å². The Kier molecular flexibility index (Phi) is 5.78. The number of anilines is 1. The van der Waals surface area contributed by atoms with E-state index in [-0.39, 0.29) is 18.0 Å². The van der Waals surface area contributed by atoms with Crippen LogP contribution >= 0.6 is 27.3 Å². The molecule has 1 N–H and O–H groups in total. The Labute approximate surface area is 184 Å². The molecule has 1 aromatic carbocycles. The maximum Gasteiger partial charge on any atom is 0.266 e. The first-order valence-electron chi connectivity index (χ1n) is 9.38. The number of benzene rings is 1. The second-order valence-electron chi connectivity index (χ2n) is 6.82. The molecule has 30 heavy (non-hydrogen) atoms. The molecule has 0 bridgehead atoms. The maximum atomic E-state index is 12.7. The van der Waals surface area contributed by atoms with Crippen molar-refractivity contribution in [2.75, 3.05) is 5.32 Å². The average molecular weight is 487 g/mol. The summed E-state index contributed by atoms with van der Waals surface area (Å²) in [6.07, 6.45) is 3.51. The Morgan fingerprint density at radius 2 is 2.03 bits per heavy atom. The second kappa shape index (κ2) is 8.49. The van der Waals surface area contributed by atoms with Crippen LogP contribution in [0.3, 0.4) is 0 Å². The Hall–Kier alpha value is -2.85. The summed E-state index contributed by atoms with van der Waals surface area (Å²) < 4.78 is 3.17. The number of nitrogens with one attached hydrogen (secondary N) is 1. The minimum Gasteiger partial charge on any atom is -0.300 e. The molecule has 0 fully saturated rings. The summed E-state index contributed by atoms with van der Waals surface area (Å²) in [6.45, 7) is 1.99. The predicted octanol–water partition coefficient (Wildman–Crippen LogP) is 3.61. The van der Waals surface area contributed by atoms with Gasteiger partial charge in [-0.3, -0.25) is 14.2 Å². The number of halogens is 1. The van der Waals surface area contributed by atoms with Crippen LogP contribution in [0.25, 0.3) is 22.3 Å². The lowest BCUT2D eigenvalue weighted by molar-refractivity contribution is -0.116. The van der Waals surface area contributed by atoms with Crippen LogP contribution < -0.4 is 10.9 Å². The lowest BCUT2D eigenvalue weighted by atomic mass is 10.1. The third-order valence-corrected chi connectivity index (χ3v) is 5.93. The standard InChI is InChI=1S/C20H19BrN6O2S/c1-3-4-12-5-7-13(8-6-12)14-10-30-20(23-14)24-15(28)9-27-11-22-18-16(19(27)29)17(21)25-26(18)2/h5-8,10-11H,3-4,9H2,1-2H3,(H,23,24,28). The number of hydrogen-bond acceptors (Lipinski definition) is 6. The molecule has 4 aromatic rings. The SMILES string of the molecule is CCCc1ccc(-c2csc(NC(=O)Cn3cnc4c(c(Br)nn4C)c3=O)n2)cc1. The maximum absolute atomic E-state index is 12.7. The van der Waals surface area contributed by atoms with Gasteiger partial charge in [-0.1, -0.05) is 37.6 Å². The van der Waals surface area contributed by atoms with Gasteiger partial charge in [0.2, 0.25) is 5.91 Å². The van der Waals surface area contributed by atoms with Gasteiger partial charge >= 0.3 is 0 Å². The van der Waals surface area contributed by atoms with E-state index >= 15 is 0 Å². The summed E-state index contributed by atoms with van der Waals surface area (Å²) in [5, 5.41) is 9.62.